The molecule has 1 unspecified atom stereocenters. The van der Waals surface area contributed by atoms with Crippen LogP contribution >= 0.6 is 68.2 Å². The first-order chi connectivity index (χ1) is 9.04. The van der Waals surface area contributed by atoms with Crippen LogP contribution in [0.15, 0.2) is 13.0 Å². The van der Waals surface area contributed by atoms with Gasteiger partial charge in [0.05, 0.1) is 0 Å². The summed E-state index contributed by atoms with van der Waals surface area (Å²) in [5, 5.41) is 15.8. The zero-order chi connectivity index (χ0) is 13.8. The van der Waals surface area contributed by atoms with Crippen LogP contribution in [-0.2, 0) is 0 Å². The van der Waals surface area contributed by atoms with Crippen LogP contribution < -0.4 is 0 Å². The fraction of sp³-hybridized carbons (Fsp3) is 0.556. The Morgan fingerprint density at radius 3 is 2.37 bits per heavy atom. The van der Waals surface area contributed by atoms with E-state index in [0.717, 1.165) is 13.0 Å². The number of rotatable bonds is 6. The van der Waals surface area contributed by atoms with E-state index >= 15 is 0 Å². The van der Waals surface area contributed by atoms with Crippen molar-refractivity contribution in [3.8, 4) is 0 Å². The van der Waals surface area contributed by atoms with E-state index in [1.165, 1.54) is 11.3 Å². The van der Waals surface area contributed by atoms with E-state index in [1.807, 2.05) is 0 Å². The van der Waals surface area contributed by atoms with Crippen molar-refractivity contribution < 1.29 is 0 Å². The standard InChI is InChI=1S/C9H12N4S6/c1-4(2)5(3)15-7-11-13-9(17-7)19-18-8-12-10-6(14)16-8/h4-5H,1-3H3,(H,10,14). The van der Waals surface area contributed by atoms with Gasteiger partial charge in [-0.25, -0.2) is 0 Å². The smallest absolute Gasteiger partial charge is 0.186 e. The minimum Gasteiger partial charge on any atom is -0.257 e. The molecule has 0 aliphatic rings. The van der Waals surface area contributed by atoms with Gasteiger partial charge in [0.15, 0.2) is 17.0 Å². The molecular weight excluding hydrogens is 357 g/mol. The Labute approximate surface area is 137 Å². The molecule has 1 atom stereocenters. The summed E-state index contributed by atoms with van der Waals surface area (Å²) < 4.78 is 3.58. The lowest BCUT2D eigenvalue weighted by atomic mass is 10.2. The van der Waals surface area contributed by atoms with Crippen LogP contribution in [-0.4, -0.2) is 25.6 Å². The summed E-state index contributed by atoms with van der Waals surface area (Å²) in [7, 11) is 3.13. The summed E-state index contributed by atoms with van der Waals surface area (Å²) in [5.74, 6) is 0.635. The zero-order valence-electron chi connectivity index (χ0n) is 10.4. The highest BCUT2D eigenvalue weighted by Crippen LogP contribution is 2.41. The Bertz CT molecular complexity index is 573. The lowest BCUT2D eigenvalue weighted by Gasteiger charge is -2.11. The molecule has 1 N–H and O–H groups in total. The molecule has 2 rings (SSSR count). The van der Waals surface area contributed by atoms with Crippen LogP contribution in [0.4, 0.5) is 0 Å². The van der Waals surface area contributed by atoms with Gasteiger partial charge in [-0.15, -0.1) is 10.2 Å². The van der Waals surface area contributed by atoms with E-state index in [0.29, 0.717) is 15.1 Å². The number of thioether (sulfide) groups is 1. The average Bonchev–Trinajstić information content (AvgIpc) is 2.95. The molecule has 0 aliphatic heterocycles. The number of hydrogen-bond acceptors (Lipinski definition) is 9. The number of nitrogens with zero attached hydrogens (tertiary/aromatic N) is 3. The second-order valence-corrected chi connectivity index (χ2v) is 10.8. The molecular formula is C9H12N4S6. The third-order valence-corrected chi connectivity index (χ3v) is 8.72. The third kappa shape index (κ3) is 5.01. The fourth-order valence-electron chi connectivity index (χ4n) is 0.897. The molecule has 0 radical (unpaired) electrons. The van der Waals surface area contributed by atoms with Gasteiger partial charge < -0.3 is 0 Å². The van der Waals surface area contributed by atoms with Crippen molar-refractivity contribution >= 4 is 68.2 Å². The minimum absolute atomic E-state index is 0.551. The molecule has 2 aromatic heterocycles. The van der Waals surface area contributed by atoms with Crippen molar-refractivity contribution in [2.24, 2.45) is 5.92 Å². The molecule has 0 aromatic carbocycles. The van der Waals surface area contributed by atoms with Crippen LogP contribution in [0, 0.1) is 9.87 Å². The lowest BCUT2D eigenvalue weighted by molar-refractivity contribution is 0.642. The summed E-state index contributed by atoms with van der Waals surface area (Å²) in [6.07, 6.45) is 0. The predicted octanol–water partition coefficient (Wildman–Crippen LogP) is 4.99. The topological polar surface area (TPSA) is 54.5 Å². The van der Waals surface area contributed by atoms with Crippen molar-refractivity contribution in [3.63, 3.8) is 0 Å². The van der Waals surface area contributed by atoms with Gasteiger partial charge >= 0.3 is 0 Å². The first kappa shape index (κ1) is 15.8. The monoisotopic (exact) mass is 368 g/mol. The molecule has 0 fully saturated rings. The summed E-state index contributed by atoms with van der Waals surface area (Å²) in [6.45, 7) is 6.65. The van der Waals surface area contributed by atoms with E-state index in [1.54, 1.807) is 44.7 Å². The van der Waals surface area contributed by atoms with Gasteiger partial charge in [-0.3, -0.25) is 5.10 Å². The Morgan fingerprint density at radius 1 is 1.05 bits per heavy atom. The zero-order valence-corrected chi connectivity index (χ0v) is 15.3. The normalized spacial score (nSPS) is 13.1. The van der Waals surface area contributed by atoms with Crippen molar-refractivity contribution in [2.45, 2.75) is 39.0 Å². The van der Waals surface area contributed by atoms with Crippen molar-refractivity contribution in [2.75, 3.05) is 0 Å². The summed E-state index contributed by atoms with van der Waals surface area (Å²) in [5.41, 5.74) is 0. The number of hydrogen-bond donors (Lipinski definition) is 1. The van der Waals surface area contributed by atoms with Gasteiger partial charge in [-0.2, -0.15) is 5.10 Å². The SMILES string of the molecule is CC(C)C(C)Sc1nnc(SSc2n[nH]c(=S)s2)s1. The fourth-order valence-corrected chi connectivity index (χ4v) is 6.64. The highest BCUT2D eigenvalue weighted by molar-refractivity contribution is 8.77. The predicted molar refractivity (Wildman–Crippen MR) is 89.1 cm³/mol. The maximum Gasteiger partial charge on any atom is 0.186 e. The molecule has 0 bridgehead atoms. The Morgan fingerprint density at radius 2 is 1.74 bits per heavy atom. The number of nitrogens with one attached hydrogen (secondary N) is 1. The van der Waals surface area contributed by atoms with Gasteiger partial charge in [0.1, 0.15) is 0 Å². The molecule has 0 amide bonds. The molecule has 4 nitrogen and oxygen atoms in total. The first-order valence-electron chi connectivity index (χ1n) is 5.45. The Balaban J connectivity index is 1.88. The molecule has 10 heteroatoms. The Hall–Kier alpha value is 0.390. The van der Waals surface area contributed by atoms with Gasteiger partial charge in [0.25, 0.3) is 0 Å². The van der Waals surface area contributed by atoms with Crippen LogP contribution in [0.1, 0.15) is 20.8 Å². The van der Waals surface area contributed by atoms with Gasteiger partial charge in [-0.1, -0.05) is 55.2 Å². The summed E-state index contributed by atoms with van der Waals surface area (Å²) in [6, 6.07) is 0. The van der Waals surface area contributed by atoms with E-state index in [4.69, 9.17) is 12.2 Å². The van der Waals surface area contributed by atoms with Gasteiger partial charge in [-0.05, 0) is 39.7 Å². The van der Waals surface area contributed by atoms with Crippen LogP contribution in [0.2, 0.25) is 0 Å². The second kappa shape index (κ2) is 7.41. The first-order valence-corrected chi connectivity index (χ1v) is 10.5. The number of aromatic nitrogens is 4. The molecule has 0 saturated heterocycles. The maximum absolute atomic E-state index is 4.99. The van der Waals surface area contributed by atoms with Gasteiger partial charge in [0, 0.05) is 5.25 Å². The van der Waals surface area contributed by atoms with Crippen molar-refractivity contribution in [3.05, 3.63) is 3.95 Å². The largest absolute Gasteiger partial charge is 0.257 e. The maximum atomic E-state index is 4.99. The van der Waals surface area contributed by atoms with E-state index < -0.39 is 0 Å². The minimum atomic E-state index is 0.551. The molecule has 19 heavy (non-hydrogen) atoms. The molecule has 104 valence electrons. The van der Waals surface area contributed by atoms with Crippen LogP contribution in [0.25, 0.3) is 0 Å². The number of aromatic amines is 1. The number of H-pyrrole nitrogens is 1. The average molecular weight is 369 g/mol. The summed E-state index contributed by atoms with van der Waals surface area (Å²) in [4.78, 5) is 0. The van der Waals surface area contributed by atoms with Crippen LogP contribution in [0.3, 0.4) is 0 Å². The molecule has 2 heterocycles. The molecule has 2 aromatic rings. The Kier molecular flexibility index (Phi) is 6.15. The van der Waals surface area contributed by atoms with Gasteiger partial charge in [0.2, 0.25) is 0 Å². The van der Waals surface area contributed by atoms with Crippen molar-refractivity contribution in [1.82, 2.24) is 20.4 Å². The lowest BCUT2D eigenvalue weighted by Crippen LogP contribution is -2.04. The molecule has 0 spiro atoms. The van der Waals surface area contributed by atoms with E-state index in [9.17, 15) is 0 Å². The second-order valence-electron chi connectivity index (χ2n) is 3.95. The molecule has 0 aliphatic carbocycles. The highest BCUT2D eigenvalue weighted by atomic mass is 33.1. The summed E-state index contributed by atoms with van der Waals surface area (Å²) >= 11 is 9.87. The quantitative estimate of drug-likeness (QED) is 0.438. The van der Waals surface area contributed by atoms with E-state index in [2.05, 4.69) is 41.2 Å². The van der Waals surface area contributed by atoms with Crippen LogP contribution in [0.5, 0.6) is 0 Å². The van der Waals surface area contributed by atoms with Crippen molar-refractivity contribution in [1.29, 1.82) is 0 Å². The third-order valence-electron chi connectivity index (χ3n) is 2.22. The highest BCUT2D eigenvalue weighted by Gasteiger charge is 2.13. The molecule has 0 saturated carbocycles. The van der Waals surface area contributed by atoms with E-state index in [-0.39, 0.29) is 0 Å².